The molecule has 0 aromatic heterocycles. The van der Waals surface area contributed by atoms with Gasteiger partial charge in [0, 0.05) is 10.6 Å². The lowest BCUT2D eigenvalue weighted by atomic mass is 10.1. The van der Waals surface area contributed by atoms with E-state index in [1.54, 1.807) is 24.3 Å². The Labute approximate surface area is 124 Å². The summed E-state index contributed by atoms with van der Waals surface area (Å²) in [4.78, 5) is 26.0. The molecule has 2 aromatic carbocycles. The van der Waals surface area contributed by atoms with Crippen LogP contribution in [0.2, 0.25) is 0 Å². The average molecular weight is 302 g/mol. The average Bonchev–Trinajstić information content (AvgIpc) is 2.73. The highest BCUT2D eigenvalue weighted by Crippen LogP contribution is 2.30. The van der Waals surface area contributed by atoms with Crippen molar-refractivity contribution in [1.82, 2.24) is 4.90 Å². The van der Waals surface area contributed by atoms with E-state index in [1.807, 2.05) is 0 Å². The molecule has 0 fully saturated rings. The molecule has 0 unspecified atom stereocenters. The predicted octanol–water partition coefficient (Wildman–Crippen LogP) is 2.75. The lowest BCUT2D eigenvalue weighted by molar-refractivity contribution is 0.0684. The molecule has 0 saturated carbocycles. The number of carbonyl (C=O) groups is 2. The van der Waals surface area contributed by atoms with E-state index < -0.39 is 5.82 Å². The van der Waals surface area contributed by atoms with Crippen molar-refractivity contribution in [3.8, 4) is 0 Å². The molecule has 0 spiro atoms. The minimum absolute atomic E-state index is 0.0972. The molecule has 0 atom stereocenters. The van der Waals surface area contributed by atoms with Crippen LogP contribution in [0.5, 0.6) is 0 Å². The fourth-order valence-electron chi connectivity index (χ4n) is 2.12. The van der Waals surface area contributed by atoms with E-state index in [0.717, 1.165) is 16.7 Å². The Kier molecular flexibility index (Phi) is 3.39. The number of imide groups is 1. The van der Waals surface area contributed by atoms with E-state index >= 15 is 0 Å². The number of nitrogen functional groups attached to an aromatic ring is 1. The molecule has 0 radical (unpaired) electrons. The van der Waals surface area contributed by atoms with Crippen molar-refractivity contribution in [1.29, 1.82) is 0 Å². The highest BCUT2D eigenvalue weighted by Gasteiger charge is 2.34. The molecule has 21 heavy (non-hydrogen) atoms. The van der Waals surface area contributed by atoms with Crippen molar-refractivity contribution >= 4 is 29.3 Å². The third kappa shape index (κ3) is 2.38. The third-order valence-electron chi connectivity index (χ3n) is 3.20. The molecule has 1 aliphatic rings. The molecule has 6 heteroatoms. The van der Waals surface area contributed by atoms with Crippen LogP contribution in [0, 0.1) is 5.82 Å². The number of hydrogen-bond acceptors (Lipinski definition) is 4. The number of carbonyl (C=O) groups excluding carboxylic acids is 2. The first-order chi connectivity index (χ1) is 10.1. The zero-order valence-electron chi connectivity index (χ0n) is 10.9. The minimum atomic E-state index is -0.408. The zero-order chi connectivity index (χ0) is 15.0. The van der Waals surface area contributed by atoms with Gasteiger partial charge >= 0.3 is 0 Å². The lowest BCUT2D eigenvalue weighted by Gasteiger charge is -2.14. The van der Waals surface area contributed by atoms with Gasteiger partial charge in [-0.25, -0.2) is 4.39 Å². The normalized spacial score (nSPS) is 13.7. The Hall–Kier alpha value is -2.34. The van der Waals surface area contributed by atoms with Gasteiger partial charge in [-0.15, -0.1) is 11.8 Å². The number of nitrogens with zero attached hydrogens (tertiary/aromatic N) is 1. The minimum Gasteiger partial charge on any atom is -0.398 e. The Morgan fingerprint density at radius 2 is 1.67 bits per heavy atom. The van der Waals surface area contributed by atoms with Gasteiger partial charge in [0.2, 0.25) is 0 Å². The van der Waals surface area contributed by atoms with Gasteiger partial charge in [0.05, 0.1) is 17.0 Å². The van der Waals surface area contributed by atoms with Crippen LogP contribution in [0.4, 0.5) is 10.1 Å². The summed E-state index contributed by atoms with van der Waals surface area (Å²) >= 11 is 1.16. The summed E-state index contributed by atoms with van der Waals surface area (Å²) in [6.07, 6.45) is 0. The van der Waals surface area contributed by atoms with Crippen LogP contribution < -0.4 is 5.73 Å². The summed E-state index contributed by atoms with van der Waals surface area (Å²) in [6, 6.07) is 10.7. The fraction of sp³-hybridized carbons (Fsp3) is 0.0667. The summed E-state index contributed by atoms with van der Waals surface area (Å²) in [5.41, 5.74) is 6.96. The second kappa shape index (κ2) is 5.21. The van der Waals surface area contributed by atoms with Gasteiger partial charge in [-0.2, -0.15) is 0 Å². The van der Waals surface area contributed by atoms with Gasteiger partial charge in [-0.1, -0.05) is 12.1 Å². The van der Waals surface area contributed by atoms with Gasteiger partial charge < -0.3 is 5.73 Å². The summed E-state index contributed by atoms with van der Waals surface area (Å²) in [5.74, 6) is -0.981. The van der Waals surface area contributed by atoms with Gasteiger partial charge in [0.25, 0.3) is 11.8 Å². The Bertz CT molecular complexity index is 713. The van der Waals surface area contributed by atoms with Crippen molar-refractivity contribution in [2.45, 2.75) is 4.90 Å². The maximum absolute atomic E-state index is 13.2. The fourth-order valence-corrected chi connectivity index (χ4v) is 3.06. The first-order valence-electron chi connectivity index (χ1n) is 6.21. The second-order valence-electron chi connectivity index (χ2n) is 4.54. The maximum atomic E-state index is 13.2. The van der Waals surface area contributed by atoms with Crippen LogP contribution >= 0.6 is 11.8 Å². The van der Waals surface area contributed by atoms with Crippen LogP contribution in [-0.2, 0) is 0 Å². The smallest absolute Gasteiger partial charge is 0.262 e. The van der Waals surface area contributed by atoms with Gasteiger partial charge in [-0.3, -0.25) is 14.5 Å². The van der Waals surface area contributed by atoms with E-state index in [4.69, 9.17) is 5.73 Å². The van der Waals surface area contributed by atoms with Crippen LogP contribution in [0.15, 0.2) is 47.4 Å². The van der Waals surface area contributed by atoms with Crippen LogP contribution in [-0.4, -0.2) is 22.6 Å². The van der Waals surface area contributed by atoms with Gasteiger partial charge in [-0.05, 0) is 30.3 Å². The number of hydrogen-bond donors (Lipinski definition) is 1. The molecule has 2 N–H and O–H groups in total. The highest BCUT2D eigenvalue weighted by molar-refractivity contribution is 7.99. The van der Waals surface area contributed by atoms with E-state index in [-0.39, 0.29) is 17.7 Å². The Balaban J connectivity index is 1.80. The molecule has 0 bridgehead atoms. The molecular formula is C15H11FN2O2S. The SMILES string of the molecule is Nc1ccc(F)cc1SCN1C(=O)c2ccccc2C1=O. The maximum Gasteiger partial charge on any atom is 0.262 e. The topological polar surface area (TPSA) is 63.4 Å². The van der Waals surface area contributed by atoms with Crippen molar-refractivity contribution in [3.05, 3.63) is 59.4 Å². The number of anilines is 1. The quantitative estimate of drug-likeness (QED) is 0.538. The Morgan fingerprint density at radius 3 is 2.29 bits per heavy atom. The van der Waals surface area contributed by atoms with Crippen molar-refractivity contribution < 1.29 is 14.0 Å². The molecule has 4 nitrogen and oxygen atoms in total. The third-order valence-corrected chi connectivity index (χ3v) is 4.25. The first-order valence-corrected chi connectivity index (χ1v) is 7.19. The van der Waals surface area contributed by atoms with Crippen LogP contribution in [0.1, 0.15) is 20.7 Å². The molecule has 0 saturated heterocycles. The standard InChI is InChI=1S/C15H11FN2O2S/c16-9-5-6-12(17)13(7-9)21-8-18-14(19)10-3-1-2-4-11(10)15(18)20/h1-7H,8,17H2. The van der Waals surface area contributed by atoms with E-state index in [2.05, 4.69) is 0 Å². The first kappa shape index (κ1) is 13.6. The number of nitrogens with two attached hydrogens (primary N) is 1. The second-order valence-corrected chi connectivity index (χ2v) is 5.53. The number of fused-ring (bicyclic) bond motifs is 1. The molecular weight excluding hydrogens is 291 g/mol. The van der Waals surface area contributed by atoms with Crippen molar-refractivity contribution in [3.63, 3.8) is 0 Å². The largest absolute Gasteiger partial charge is 0.398 e. The van der Waals surface area contributed by atoms with E-state index in [9.17, 15) is 14.0 Å². The summed E-state index contributed by atoms with van der Waals surface area (Å²) in [6.45, 7) is 0. The van der Waals surface area contributed by atoms with Gasteiger partial charge in [0.15, 0.2) is 0 Å². The number of halogens is 1. The van der Waals surface area contributed by atoms with Crippen molar-refractivity contribution in [2.24, 2.45) is 0 Å². The summed E-state index contributed by atoms with van der Waals surface area (Å²) in [5, 5.41) is 0. The molecule has 1 aliphatic heterocycles. The van der Waals surface area contributed by atoms with Crippen LogP contribution in [0.25, 0.3) is 0 Å². The number of amides is 2. The molecule has 3 rings (SSSR count). The monoisotopic (exact) mass is 302 g/mol. The van der Waals surface area contributed by atoms with Crippen LogP contribution in [0.3, 0.4) is 0 Å². The Morgan fingerprint density at radius 1 is 1.05 bits per heavy atom. The lowest BCUT2D eigenvalue weighted by Crippen LogP contribution is -2.29. The summed E-state index contributed by atoms with van der Waals surface area (Å²) < 4.78 is 13.2. The highest BCUT2D eigenvalue weighted by atomic mass is 32.2. The predicted molar refractivity (Wildman–Crippen MR) is 78.5 cm³/mol. The number of rotatable bonds is 3. The molecule has 2 amide bonds. The molecule has 2 aromatic rings. The molecule has 1 heterocycles. The summed E-state index contributed by atoms with van der Waals surface area (Å²) in [7, 11) is 0. The zero-order valence-corrected chi connectivity index (χ0v) is 11.7. The van der Waals surface area contributed by atoms with Crippen molar-refractivity contribution in [2.75, 3.05) is 11.6 Å². The van der Waals surface area contributed by atoms with E-state index in [1.165, 1.54) is 18.2 Å². The molecule has 106 valence electrons. The number of thioether (sulfide) groups is 1. The number of benzene rings is 2. The molecule has 0 aliphatic carbocycles. The van der Waals surface area contributed by atoms with Gasteiger partial charge in [0.1, 0.15) is 5.82 Å². The van der Waals surface area contributed by atoms with E-state index in [0.29, 0.717) is 21.7 Å².